The molecule has 9 heteroatoms. The summed E-state index contributed by atoms with van der Waals surface area (Å²) in [7, 11) is -7.87. The van der Waals surface area contributed by atoms with E-state index in [4.69, 9.17) is 5.14 Å². The molecular weight excluding hydrogens is 316 g/mol. The fraction of sp³-hybridized carbons (Fsp3) is 0.500. The van der Waals surface area contributed by atoms with Gasteiger partial charge in [-0.3, -0.25) is 0 Å². The van der Waals surface area contributed by atoms with Crippen LogP contribution in [0, 0.1) is 0 Å². The van der Waals surface area contributed by atoms with Crippen LogP contribution in [0.3, 0.4) is 0 Å². The van der Waals surface area contributed by atoms with Crippen LogP contribution in [0.15, 0.2) is 34.1 Å². The maximum atomic E-state index is 12.2. The molecule has 1 aromatic carbocycles. The second-order valence-corrected chi connectivity index (χ2v) is 8.60. The van der Waals surface area contributed by atoms with Crippen molar-refractivity contribution >= 4 is 20.0 Å². The Morgan fingerprint density at radius 2 is 1.71 bits per heavy atom. The van der Waals surface area contributed by atoms with Gasteiger partial charge in [-0.05, 0) is 31.0 Å². The van der Waals surface area contributed by atoms with E-state index in [-0.39, 0.29) is 16.3 Å². The molecule has 21 heavy (non-hydrogen) atoms. The Morgan fingerprint density at radius 3 is 2.29 bits per heavy atom. The number of hydrogen-bond donors (Lipinski definition) is 3. The summed E-state index contributed by atoms with van der Waals surface area (Å²) < 4.78 is 49.1. The topological polar surface area (TPSA) is 127 Å². The quantitative estimate of drug-likeness (QED) is 0.694. The number of benzene rings is 1. The van der Waals surface area contributed by atoms with Crippen molar-refractivity contribution in [1.82, 2.24) is 4.72 Å². The highest BCUT2D eigenvalue weighted by Gasteiger charge is 2.32. The maximum absolute atomic E-state index is 12.2. The molecular formula is C12H18N2O5S2. The molecule has 0 heterocycles. The molecule has 4 N–H and O–H groups in total. The highest BCUT2D eigenvalue weighted by atomic mass is 32.2. The standard InChI is InChI=1S/C12H18N2O5S2/c13-20(16,17)10-4-3-5-11(8-10)21(18,19)14-9-12(15)6-1-2-7-12/h3-5,8,14-15H,1-2,6-7,9H2,(H2,13,16,17). The first kappa shape index (κ1) is 16.4. The lowest BCUT2D eigenvalue weighted by Crippen LogP contribution is -2.40. The van der Waals surface area contributed by atoms with Crippen molar-refractivity contribution < 1.29 is 21.9 Å². The Labute approximate surface area is 124 Å². The van der Waals surface area contributed by atoms with E-state index < -0.39 is 25.6 Å². The average molecular weight is 334 g/mol. The van der Waals surface area contributed by atoms with Crippen molar-refractivity contribution in [2.24, 2.45) is 5.14 Å². The predicted molar refractivity (Wildman–Crippen MR) is 76.4 cm³/mol. The molecule has 0 unspecified atom stereocenters. The van der Waals surface area contributed by atoms with Crippen molar-refractivity contribution in [3.8, 4) is 0 Å². The Hall–Kier alpha value is -1.00. The van der Waals surface area contributed by atoms with Crippen LogP contribution in [0.4, 0.5) is 0 Å². The summed E-state index contributed by atoms with van der Waals surface area (Å²) in [6.07, 6.45) is 2.82. The van der Waals surface area contributed by atoms with Crippen molar-refractivity contribution in [2.45, 2.75) is 41.1 Å². The molecule has 1 aromatic rings. The SMILES string of the molecule is NS(=O)(=O)c1cccc(S(=O)(=O)NCC2(O)CCCC2)c1. The summed E-state index contributed by atoms with van der Waals surface area (Å²) in [5, 5.41) is 15.1. The van der Waals surface area contributed by atoms with Gasteiger partial charge < -0.3 is 5.11 Å². The molecule has 0 bridgehead atoms. The van der Waals surface area contributed by atoms with Crippen LogP contribution in [-0.4, -0.2) is 34.1 Å². The number of rotatable bonds is 5. The highest BCUT2D eigenvalue weighted by molar-refractivity contribution is 7.90. The van der Waals surface area contributed by atoms with E-state index in [9.17, 15) is 21.9 Å². The summed E-state index contributed by atoms with van der Waals surface area (Å²) in [5.41, 5.74) is -1.02. The lowest BCUT2D eigenvalue weighted by atomic mass is 10.0. The lowest BCUT2D eigenvalue weighted by Gasteiger charge is -2.22. The van der Waals surface area contributed by atoms with Crippen molar-refractivity contribution in [3.63, 3.8) is 0 Å². The number of aliphatic hydroxyl groups is 1. The minimum Gasteiger partial charge on any atom is -0.389 e. The Balaban J connectivity index is 2.20. The molecule has 0 aliphatic heterocycles. The first-order valence-electron chi connectivity index (χ1n) is 6.47. The number of nitrogens with one attached hydrogen (secondary N) is 1. The molecule has 1 saturated carbocycles. The van der Waals surface area contributed by atoms with Gasteiger partial charge in [-0.2, -0.15) is 0 Å². The van der Waals surface area contributed by atoms with Crippen LogP contribution in [0.5, 0.6) is 0 Å². The smallest absolute Gasteiger partial charge is 0.240 e. The Kier molecular flexibility index (Phi) is 4.41. The zero-order chi connectivity index (χ0) is 15.7. The van der Waals surface area contributed by atoms with Crippen molar-refractivity contribution in [3.05, 3.63) is 24.3 Å². The zero-order valence-corrected chi connectivity index (χ0v) is 13.0. The normalized spacial score (nSPS) is 18.8. The minimum absolute atomic E-state index is 0.0884. The Bertz CT molecular complexity index is 722. The number of nitrogens with two attached hydrogens (primary N) is 1. The molecule has 1 fully saturated rings. The second kappa shape index (κ2) is 5.65. The van der Waals surface area contributed by atoms with Crippen LogP contribution < -0.4 is 9.86 Å². The summed E-state index contributed by atoms with van der Waals surface area (Å²) in [5.74, 6) is 0. The van der Waals surface area contributed by atoms with Gasteiger partial charge in [0.2, 0.25) is 20.0 Å². The third kappa shape index (κ3) is 4.01. The molecule has 0 spiro atoms. The third-order valence-corrected chi connectivity index (χ3v) is 5.88. The molecule has 2 rings (SSSR count). The van der Waals surface area contributed by atoms with E-state index >= 15 is 0 Å². The van der Waals surface area contributed by atoms with E-state index in [0.29, 0.717) is 12.8 Å². The van der Waals surface area contributed by atoms with Crippen LogP contribution >= 0.6 is 0 Å². The number of hydrogen-bond acceptors (Lipinski definition) is 5. The molecule has 7 nitrogen and oxygen atoms in total. The van der Waals surface area contributed by atoms with E-state index in [0.717, 1.165) is 18.9 Å². The molecule has 0 atom stereocenters. The van der Waals surface area contributed by atoms with Gasteiger partial charge >= 0.3 is 0 Å². The Morgan fingerprint density at radius 1 is 1.14 bits per heavy atom. The molecule has 0 saturated heterocycles. The number of sulfonamides is 2. The summed E-state index contributed by atoms with van der Waals surface area (Å²) in [6.45, 7) is -0.0884. The highest BCUT2D eigenvalue weighted by Crippen LogP contribution is 2.29. The van der Waals surface area contributed by atoms with Gasteiger partial charge in [-0.15, -0.1) is 0 Å². The van der Waals surface area contributed by atoms with Crippen LogP contribution in [-0.2, 0) is 20.0 Å². The van der Waals surface area contributed by atoms with E-state index in [1.54, 1.807) is 0 Å². The largest absolute Gasteiger partial charge is 0.389 e. The van der Waals surface area contributed by atoms with Crippen LogP contribution in [0.1, 0.15) is 25.7 Å². The van der Waals surface area contributed by atoms with E-state index in [1.807, 2.05) is 0 Å². The van der Waals surface area contributed by atoms with Gasteiger partial charge in [0, 0.05) is 6.54 Å². The van der Waals surface area contributed by atoms with Gasteiger partial charge in [0.05, 0.1) is 15.4 Å². The van der Waals surface area contributed by atoms with Gasteiger partial charge in [-0.25, -0.2) is 26.7 Å². The second-order valence-electron chi connectivity index (χ2n) is 5.28. The first-order chi connectivity index (χ1) is 9.62. The third-order valence-electron chi connectivity index (χ3n) is 3.57. The molecule has 0 radical (unpaired) electrons. The summed E-state index contributed by atoms with van der Waals surface area (Å²) >= 11 is 0. The molecule has 1 aliphatic carbocycles. The van der Waals surface area contributed by atoms with E-state index in [2.05, 4.69) is 4.72 Å². The fourth-order valence-electron chi connectivity index (χ4n) is 2.34. The molecule has 1 aliphatic rings. The first-order valence-corrected chi connectivity index (χ1v) is 9.50. The summed E-state index contributed by atoms with van der Waals surface area (Å²) in [4.78, 5) is -0.472. The zero-order valence-electron chi connectivity index (χ0n) is 11.3. The minimum atomic E-state index is -3.97. The predicted octanol–water partition coefficient (Wildman–Crippen LogP) is -0.0826. The van der Waals surface area contributed by atoms with Gasteiger partial charge in [0.25, 0.3) is 0 Å². The van der Waals surface area contributed by atoms with Gasteiger partial charge in [0.15, 0.2) is 0 Å². The maximum Gasteiger partial charge on any atom is 0.240 e. The number of primary sulfonamides is 1. The lowest BCUT2D eigenvalue weighted by molar-refractivity contribution is 0.0532. The molecule has 0 amide bonds. The van der Waals surface area contributed by atoms with E-state index in [1.165, 1.54) is 18.2 Å². The van der Waals surface area contributed by atoms with Gasteiger partial charge in [0.1, 0.15) is 0 Å². The van der Waals surface area contributed by atoms with Crippen LogP contribution in [0.2, 0.25) is 0 Å². The average Bonchev–Trinajstić information content (AvgIpc) is 2.84. The van der Waals surface area contributed by atoms with Crippen LogP contribution in [0.25, 0.3) is 0 Å². The fourth-order valence-corrected chi connectivity index (χ4v) is 4.14. The van der Waals surface area contributed by atoms with Crippen molar-refractivity contribution in [1.29, 1.82) is 0 Å². The molecule has 0 aromatic heterocycles. The monoisotopic (exact) mass is 334 g/mol. The van der Waals surface area contributed by atoms with Crippen molar-refractivity contribution in [2.75, 3.05) is 6.54 Å². The summed E-state index contributed by atoms with van der Waals surface area (Å²) in [6, 6.07) is 4.80. The van der Waals surface area contributed by atoms with Gasteiger partial charge in [-0.1, -0.05) is 18.9 Å². The molecule has 118 valence electrons.